The van der Waals surface area contributed by atoms with Crippen LogP contribution in [0.15, 0.2) is 47.4 Å². The summed E-state index contributed by atoms with van der Waals surface area (Å²) in [7, 11) is -2.00. The lowest BCUT2D eigenvalue weighted by Crippen LogP contribution is -2.06. The first kappa shape index (κ1) is 14.7. The standard InChI is InChI=1S/C14H14ClNO3S/c1-19-12-3-2-4-13(8-12)20(17,18)9-10-5-6-11(16)7-14(10)15/h2-8H,9,16H2,1H3. The fraction of sp³-hybridized carbons (Fsp3) is 0.143. The Morgan fingerprint density at radius 1 is 1.20 bits per heavy atom. The number of rotatable bonds is 4. The highest BCUT2D eigenvalue weighted by molar-refractivity contribution is 7.90. The Bertz CT molecular complexity index is 729. The van der Waals surface area contributed by atoms with E-state index in [1.165, 1.54) is 25.3 Å². The third-order valence-corrected chi connectivity index (χ3v) is 4.84. The third kappa shape index (κ3) is 3.23. The SMILES string of the molecule is COc1cccc(S(=O)(=O)Cc2ccc(N)cc2Cl)c1. The van der Waals surface area contributed by atoms with E-state index < -0.39 is 9.84 Å². The normalized spacial score (nSPS) is 11.3. The van der Waals surface area contributed by atoms with Crippen molar-refractivity contribution in [2.24, 2.45) is 0 Å². The van der Waals surface area contributed by atoms with Gasteiger partial charge in [-0.2, -0.15) is 0 Å². The van der Waals surface area contributed by atoms with Gasteiger partial charge in [0.05, 0.1) is 17.8 Å². The molecule has 2 N–H and O–H groups in total. The monoisotopic (exact) mass is 311 g/mol. The lowest BCUT2D eigenvalue weighted by Gasteiger charge is -2.08. The summed E-state index contributed by atoms with van der Waals surface area (Å²) in [5, 5.41) is 0.344. The van der Waals surface area contributed by atoms with E-state index in [1.807, 2.05) is 0 Å². The van der Waals surface area contributed by atoms with E-state index in [9.17, 15) is 8.42 Å². The van der Waals surface area contributed by atoms with Gasteiger partial charge in [-0.05, 0) is 35.9 Å². The van der Waals surface area contributed by atoms with Gasteiger partial charge >= 0.3 is 0 Å². The van der Waals surface area contributed by atoms with E-state index in [4.69, 9.17) is 22.1 Å². The van der Waals surface area contributed by atoms with Gasteiger partial charge in [0.25, 0.3) is 0 Å². The van der Waals surface area contributed by atoms with Gasteiger partial charge in [0.2, 0.25) is 0 Å². The van der Waals surface area contributed by atoms with Crippen LogP contribution in [0, 0.1) is 0 Å². The first-order valence-electron chi connectivity index (χ1n) is 5.83. The first-order valence-corrected chi connectivity index (χ1v) is 7.86. The molecular weight excluding hydrogens is 298 g/mol. The van der Waals surface area contributed by atoms with Crippen LogP contribution in [0.5, 0.6) is 5.75 Å². The Labute approximate surface area is 123 Å². The van der Waals surface area contributed by atoms with Gasteiger partial charge in [0.1, 0.15) is 5.75 Å². The van der Waals surface area contributed by atoms with E-state index in [-0.39, 0.29) is 10.6 Å². The van der Waals surface area contributed by atoms with Crippen LogP contribution in [-0.4, -0.2) is 15.5 Å². The van der Waals surface area contributed by atoms with E-state index in [0.717, 1.165) is 0 Å². The number of sulfone groups is 1. The molecular formula is C14H14ClNO3S. The summed E-state index contributed by atoms with van der Waals surface area (Å²) >= 11 is 6.01. The molecule has 0 aliphatic rings. The highest BCUT2D eigenvalue weighted by Crippen LogP contribution is 2.25. The number of hydrogen-bond acceptors (Lipinski definition) is 4. The number of anilines is 1. The zero-order valence-corrected chi connectivity index (χ0v) is 12.4. The molecule has 0 amide bonds. The van der Waals surface area contributed by atoms with Crippen LogP contribution in [-0.2, 0) is 15.6 Å². The van der Waals surface area contributed by atoms with Gasteiger partial charge in [-0.25, -0.2) is 8.42 Å². The van der Waals surface area contributed by atoms with Crippen LogP contribution in [0.3, 0.4) is 0 Å². The van der Waals surface area contributed by atoms with Crippen molar-refractivity contribution in [2.45, 2.75) is 10.6 Å². The smallest absolute Gasteiger partial charge is 0.182 e. The molecule has 106 valence electrons. The zero-order valence-electron chi connectivity index (χ0n) is 10.8. The van der Waals surface area contributed by atoms with Gasteiger partial charge in [-0.1, -0.05) is 23.7 Å². The molecule has 0 saturated carbocycles. The predicted molar refractivity (Wildman–Crippen MR) is 79.7 cm³/mol. The van der Waals surface area contributed by atoms with Crippen molar-refractivity contribution in [1.29, 1.82) is 0 Å². The summed E-state index contributed by atoms with van der Waals surface area (Å²) in [4.78, 5) is 0.199. The summed E-state index contributed by atoms with van der Waals surface area (Å²) in [5.41, 5.74) is 6.60. The summed E-state index contributed by atoms with van der Waals surface area (Å²) in [5.74, 6) is 0.314. The van der Waals surface area contributed by atoms with Gasteiger partial charge in [0.15, 0.2) is 9.84 Å². The molecule has 0 radical (unpaired) electrons. The third-order valence-electron chi connectivity index (χ3n) is 2.82. The van der Waals surface area contributed by atoms with Crippen molar-refractivity contribution < 1.29 is 13.2 Å². The molecule has 0 aliphatic heterocycles. The van der Waals surface area contributed by atoms with E-state index in [0.29, 0.717) is 22.0 Å². The lowest BCUT2D eigenvalue weighted by molar-refractivity contribution is 0.413. The number of hydrogen-bond donors (Lipinski definition) is 1. The van der Waals surface area contributed by atoms with Gasteiger partial charge in [-0.3, -0.25) is 0 Å². The zero-order chi connectivity index (χ0) is 14.8. The number of halogens is 1. The second-order valence-corrected chi connectivity index (χ2v) is 6.69. The Balaban J connectivity index is 2.35. The van der Waals surface area contributed by atoms with Crippen LogP contribution >= 0.6 is 11.6 Å². The van der Waals surface area contributed by atoms with Gasteiger partial charge in [-0.15, -0.1) is 0 Å². The highest BCUT2D eigenvalue weighted by atomic mass is 35.5. The quantitative estimate of drug-likeness (QED) is 0.881. The Hall–Kier alpha value is -1.72. The van der Waals surface area contributed by atoms with Crippen molar-refractivity contribution in [1.82, 2.24) is 0 Å². The molecule has 2 rings (SSSR count). The summed E-state index contributed by atoms with van der Waals surface area (Å²) in [6.45, 7) is 0. The largest absolute Gasteiger partial charge is 0.497 e. The molecule has 0 aromatic heterocycles. The minimum Gasteiger partial charge on any atom is -0.497 e. The second-order valence-electron chi connectivity index (χ2n) is 4.29. The number of methoxy groups -OCH3 is 1. The number of benzene rings is 2. The van der Waals surface area contributed by atoms with Crippen LogP contribution in [0.4, 0.5) is 5.69 Å². The Morgan fingerprint density at radius 3 is 2.60 bits per heavy atom. The van der Waals surface area contributed by atoms with Crippen molar-refractivity contribution in [3.8, 4) is 5.75 Å². The molecule has 2 aromatic carbocycles. The van der Waals surface area contributed by atoms with Crippen molar-refractivity contribution in [3.63, 3.8) is 0 Å². The Kier molecular flexibility index (Phi) is 4.20. The molecule has 4 nitrogen and oxygen atoms in total. The molecule has 0 fully saturated rings. The number of nitrogen functional groups attached to an aromatic ring is 1. The number of nitrogens with two attached hydrogens (primary N) is 1. The van der Waals surface area contributed by atoms with Crippen LogP contribution < -0.4 is 10.5 Å². The molecule has 20 heavy (non-hydrogen) atoms. The molecule has 0 bridgehead atoms. The number of ether oxygens (including phenoxy) is 1. The first-order chi connectivity index (χ1) is 9.42. The van der Waals surface area contributed by atoms with E-state index in [2.05, 4.69) is 0 Å². The van der Waals surface area contributed by atoms with Gasteiger partial charge in [0, 0.05) is 10.7 Å². The highest BCUT2D eigenvalue weighted by Gasteiger charge is 2.17. The molecule has 0 unspecified atom stereocenters. The molecule has 0 heterocycles. The van der Waals surface area contributed by atoms with E-state index >= 15 is 0 Å². The van der Waals surface area contributed by atoms with Gasteiger partial charge < -0.3 is 10.5 Å². The van der Waals surface area contributed by atoms with Crippen molar-refractivity contribution >= 4 is 27.1 Å². The minimum absolute atomic E-state index is 0.181. The minimum atomic E-state index is -3.49. The van der Waals surface area contributed by atoms with E-state index in [1.54, 1.807) is 24.3 Å². The fourth-order valence-corrected chi connectivity index (χ4v) is 3.51. The Morgan fingerprint density at radius 2 is 1.95 bits per heavy atom. The van der Waals surface area contributed by atoms with Crippen LogP contribution in [0.25, 0.3) is 0 Å². The summed E-state index contributed by atoms with van der Waals surface area (Å²) < 4.78 is 29.8. The molecule has 2 aromatic rings. The van der Waals surface area contributed by atoms with Crippen molar-refractivity contribution in [3.05, 3.63) is 53.1 Å². The predicted octanol–water partition coefficient (Wildman–Crippen LogP) is 2.90. The molecule has 0 spiro atoms. The fourth-order valence-electron chi connectivity index (χ4n) is 1.76. The molecule has 0 aliphatic carbocycles. The lowest BCUT2D eigenvalue weighted by atomic mass is 10.2. The summed E-state index contributed by atoms with van der Waals surface area (Å²) in [6, 6.07) is 11.1. The molecule has 0 atom stereocenters. The maximum atomic E-state index is 12.4. The van der Waals surface area contributed by atoms with Crippen LogP contribution in [0.2, 0.25) is 5.02 Å². The average Bonchev–Trinajstić information content (AvgIpc) is 2.42. The molecule has 6 heteroatoms. The average molecular weight is 312 g/mol. The second kappa shape index (κ2) is 5.73. The maximum absolute atomic E-state index is 12.4. The van der Waals surface area contributed by atoms with Crippen LogP contribution in [0.1, 0.15) is 5.56 Å². The summed E-state index contributed by atoms with van der Waals surface area (Å²) in [6.07, 6.45) is 0. The maximum Gasteiger partial charge on any atom is 0.182 e. The molecule has 0 saturated heterocycles. The topological polar surface area (TPSA) is 69.4 Å². The van der Waals surface area contributed by atoms with Crippen molar-refractivity contribution in [2.75, 3.05) is 12.8 Å².